The summed E-state index contributed by atoms with van der Waals surface area (Å²) in [6, 6.07) is 6.67. The molecule has 0 aromatic heterocycles. The number of carbonyl (C=O) groups is 1. The van der Waals surface area contributed by atoms with E-state index in [-0.39, 0.29) is 36.1 Å². The zero-order valence-electron chi connectivity index (χ0n) is 13.6. The van der Waals surface area contributed by atoms with Crippen molar-refractivity contribution in [2.45, 2.75) is 38.6 Å². The third-order valence-corrected chi connectivity index (χ3v) is 5.34. The Morgan fingerprint density at radius 1 is 1.22 bits per heavy atom. The molecule has 0 spiro atoms. The van der Waals surface area contributed by atoms with Gasteiger partial charge in [0.25, 0.3) is 0 Å². The molecule has 1 amide bonds. The minimum Gasteiger partial charge on any atom is -0.349 e. The van der Waals surface area contributed by atoms with Crippen LogP contribution >= 0.6 is 12.4 Å². The summed E-state index contributed by atoms with van der Waals surface area (Å²) in [5.41, 5.74) is 0.640. The molecular formula is C18H26ClFN2O. The van der Waals surface area contributed by atoms with E-state index >= 15 is 0 Å². The number of carbonyl (C=O) groups excluding carboxylic acids is 1. The molecule has 2 aliphatic rings. The van der Waals surface area contributed by atoms with Crippen LogP contribution in [0.2, 0.25) is 0 Å². The number of rotatable bonds is 5. The van der Waals surface area contributed by atoms with Gasteiger partial charge in [-0.25, -0.2) is 4.39 Å². The summed E-state index contributed by atoms with van der Waals surface area (Å²) < 4.78 is 14.2. The standard InChI is InChI=1S/C18H25FN2O.ClH/c1-12(14-10-20-11-14)18(22)21-17(13-6-2-3-7-13)15-8-4-5-9-16(15)19;/h4-5,8-9,12-14,17,20H,2-3,6-7,10-11H2,1H3,(H,21,22);1H. The van der Waals surface area contributed by atoms with Gasteiger partial charge in [-0.1, -0.05) is 38.0 Å². The SMILES string of the molecule is CC(C(=O)NC(c1ccccc1F)C1CCCC1)C1CNC1.Cl. The van der Waals surface area contributed by atoms with Gasteiger partial charge in [0, 0.05) is 11.5 Å². The second kappa shape index (κ2) is 8.11. The molecule has 1 aliphatic heterocycles. The van der Waals surface area contributed by atoms with Crippen LogP contribution in [0.4, 0.5) is 4.39 Å². The zero-order chi connectivity index (χ0) is 15.5. The zero-order valence-corrected chi connectivity index (χ0v) is 14.4. The van der Waals surface area contributed by atoms with Crippen molar-refractivity contribution in [3.63, 3.8) is 0 Å². The lowest BCUT2D eigenvalue weighted by molar-refractivity contribution is -0.127. The van der Waals surface area contributed by atoms with Crippen molar-refractivity contribution < 1.29 is 9.18 Å². The maximum absolute atomic E-state index is 14.2. The van der Waals surface area contributed by atoms with Crippen LogP contribution in [0.3, 0.4) is 0 Å². The van der Waals surface area contributed by atoms with Gasteiger partial charge in [0.2, 0.25) is 5.91 Å². The summed E-state index contributed by atoms with van der Waals surface area (Å²) in [6.07, 6.45) is 4.48. The molecule has 1 aliphatic carbocycles. The van der Waals surface area contributed by atoms with Crippen LogP contribution in [0.15, 0.2) is 24.3 Å². The lowest BCUT2D eigenvalue weighted by Gasteiger charge is -2.34. The van der Waals surface area contributed by atoms with Crippen LogP contribution < -0.4 is 10.6 Å². The Hall–Kier alpha value is -1.13. The van der Waals surface area contributed by atoms with Gasteiger partial charge in [0.15, 0.2) is 0 Å². The molecule has 128 valence electrons. The first kappa shape index (κ1) is 18.2. The monoisotopic (exact) mass is 340 g/mol. The number of benzene rings is 1. The molecule has 0 bridgehead atoms. The Balaban J connectivity index is 0.00000192. The van der Waals surface area contributed by atoms with E-state index in [4.69, 9.17) is 0 Å². The van der Waals surface area contributed by atoms with Gasteiger partial charge in [-0.2, -0.15) is 0 Å². The molecule has 0 radical (unpaired) electrons. The highest BCUT2D eigenvalue weighted by atomic mass is 35.5. The van der Waals surface area contributed by atoms with Crippen LogP contribution in [-0.4, -0.2) is 19.0 Å². The molecule has 2 fully saturated rings. The highest BCUT2D eigenvalue weighted by Crippen LogP contribution is 2.37. The average Bonchev–Trinajstić information content (AvgIpc) is 2.97. The van der Waals surface area contributed by atoms with Crippen molar-refractivity contribution in [3.8, 4) is 0 Å². The van der Waals surface area contributed by atoms with Crippen molar-refractivity contribution in [2.75, 3.05) is 13.1 Å². The minimum absolute atomic E-state index is 0. The van der Waals surface area contributed by atoms with Crippen molar-refractivity contribution >= 4 is 18.3 Å². The van der Waals surface area contributed by atoms with E-state index in [0.717, 1.165) is 25.9 Å². The van der Waals surface area contributed by atoms with E-state index in [2.05, 4.69) is 10.6 Å². The summed E-state index contributed by atoms with van der Waals surface area (Å²) in [7, 11) is 0. The first-order valence-electron chi connectivity index (χ1n) is 8.42. The van der Waals surface area contributed by atoms with Gasteiger partial charge in [0.05, 0.1) is 6.04 Å². The largest absolute Gasteiger partial charge is 0.349 e. The first-order valence-corrected chi connectivity index (χ1v) is 8.42. The lowest BCUT2D eigenvalue weighted by Crippen LogP contribution is -2.50. The molecule has 1 aromatic carbocycles. The van der Waals surface area contributed by atoms with Crippen LogP contribution in [0, 0.1) is 23.6 Å². The highest BCUT2D eigenvalue weighted by molar-refractivity contribution is 5.85. The number of hydrogen-bond donors (Lipinski definition) is 2. The van der Waals surface area contributed by atoms with Gasteiger partial charge in [-0.05, 0) is 43.8 Å². The summed E-state index contributed by atoms with van der Waals surface area (Å²) in [5.74, 6) is 0.596. The fourth-order valence-electron chi connectivity index (χ4n) is 3.63. The Bertz CT molecular complexity index is 530. The van der Waals surface area contributed by atoms with Crippen molar-refractivity contribution in [2.24, 2.45) is 17.8 Å². The maximum atomic E-state index is 14.2. The van der Waals surface area contributed by atoms with Crippen molar-refractivity contribution in [3.05, 3.63) is 35.6 Å². The molecule has 5 heteroatoms. The minimum atomic E-state index is -0.210. The molecule has 3 nitrogen and oxygen atoms in total. The molecular weight excluding hydrogens is 315 g/mol. The molecule has 3 rings (SSSR count). The Morgan fingerprint density at radius 2 is 1.87 bits per heavy atom. The molecule has 1 saturated carbocycles. The van der Waals surface area contributed by atoms with E-state index in [1.807, 2.05) is 19.1 Å². The van der Waals surface area contributed by atoms with Gasteiger partial charge >= 0.3 is 0 Å². The summed E-state index contributed by atoms with van der Waals surface area (Å²) in [5, 5.41) is 6.36. The predicted molar refractivity (Wildman–Crippen MR) is 92.0 cm³/mol. The van der Waals surface area contributed by atoms with Crippen molar-refractivity contribution in [1.82, 2.24) is 10.6 Å². The van der Waals surface area contributed by atoms with Crippen LogP contribution in [0.25, 0.3) is 0 Å². The van der Waals surface area contributed by atoms with Crippen LogP contribution in [-0.2, 0) is 4.79 Å². The Morgan fingerprint density at radius 3 is 2.43 bits per heavy atom. The molecule has 1 saturated heterocycles. The Labute approximate surface area is 143 Å². The summed E-state index contributed by atoms with van der Waals surface area (Å²) in [4.78, 5) is 12.6. The second-order valence-electron chi connectivity index (χ2n) is 6.76. The van der Waals surface area contributed by atoms with E-state index in [1.165, 1.54) is 18.9 Å². The van der Waals surface area contributed by atoms with Crippen LogP contribution in [0.5, 0.6) is 0 Å². The fourth-order valence-corrected chi connectivity index (χ4v) is 3.63. The lowest BCUT2D eigenvalue weighted by atomic mass is 9.86. The summed E-state index contributed by atoms with van der Waals surface area (Å²) >= 11 is 0. The van der Waals surface area contributed by atoms with E-state index < -0.39 is 0 Å². The maximum Gasteiger partial charge on any atom is 0.223 e. The van der Waals surface area contributed by atoms with Gasteiger partial charge < -0.3 is 10.6 Å². The number of halogens is 2. The highest BCUT2D eigenvalue weighted by Gasteiger charge is 2.33. The predicted octanol–water partition coefficient (Wildman–Crippen LogP) is 3.45. The second-order valence-corrected chi connectivity index (χ2v) is 6.76. The molecule has 1 aromatic rings. The van der Waals surface area contributed by atoms with Crippen LogP contribution in [0.1, 0.15) is 44.2 Å². The number of nitrogens with one attached hydrogen (secondary N) is 2. The van der Waals surface area contributed by atoms with E-state index in [9.17, 15) is 9.18 Å². The molecule has 2 unspecified atom stereocenters. The fraction of sp³-hybridized carbons (Fsp3) is 0.611. The first-order chi connectivity index (χ1) is 10.7. The smallest absolute Gasteiger partial charge is 0.223 e. The molecule has 2 N–H and O–H groups in total. The molecule has 23 heavy (non-hydrogen) atoms. The van der Waals surface area contributed by atoms with Crippen molar-refractivity contribution in [1.29, 1.82) is 0 Å². The third-order valence-electron chi connectivity index (χ3n) is 5.34. The normalized spacial score (nSPS) is 21.1. The van der Waals surface area contributed by atoms with Gasteiger partial charge in [0.1, 0.15) is 5.82 Å². The Kier molecular flexibility index (Phi) is 6.42. The van der Waals surface area contributed by atoms with Gasteiger partial charge in [-0.15, -0.1) is 12.4 Å². The van der Waals surface area contributed by atoms with Gasteiger partial charge in [-0.3, -0.25) is 4.79 Å². The molecule has 2 atom stereocenters. The molecule has 1 heterocycles. The topological polar surface area (TPSA) is 41.1 Å². The summed E-state index contributed by atoms with van der Waals surface area (Å²) in [6.45, 7) is 3.79. The van der Waals surface area contributed by atoms with E-state index in [1.54, 1.807) is 6.07 Å². The number of amides is 1. The third kappa shape index (κ3) is 4.04. The quantitative estimate of drug-likeness (QED) is 0.862. The number of hydrogen-bond acceptors (Lipinski definition) is 2. The van der Waals surface area contributed by atoms with E-state index in [0.29, 0.717) is 17.4 Å². The average molecular weight is 341 g/mol.